The van der Waals surface area contributed by atoms with Gasteiger partial charge in [-0.05, 0) is 63.8 Å². The summed E-state index contributed by atoms with van der Waals surface area (Å²) in [5.41, 5.74) is 12.1. The van der Waals surface area contributed by atoms with Crippen LogP contribution in [0, 0.1) is 0 Å². The summed E-state index contributed by atoms with van der Waals surface area (Å²) in [6, 6.07) is 0.704. The summed E-state index contributed by atoms with van der Waals surface area (Å²) in [6.45, 7) is 2.80. The molecular weight excluding hydrogens is 474 g/mol. The first-order valence-electron chi connectivity index (χ1n) is 11.6. The second-order valence-electron chi connectivity index (χ2n) is 8.61. The van der Waals surface area contributed by atoms with E-state index in [1.165, 1.54) is 26.0 Å². The van der Waals surface area contributed by atoms with Crippen LogP contribution >= 0.6 is 0 Å². The van der Waals surface area contributed by atoms with E-state index in [1.54, 1.807) is 12.1 Å². The quantitative estimate of drug-likeness (QED) is 0.114. The van der Waals surface area contributed by atoms with Gasteiger partial charge in [-0.3, -0.25) is 14.4 Å². The second-order valence-corrected chi connectivity index (χ2v) is 8.61. The largest absolute Gasteiger partial charge is 0.508 e. The Kier molecular flexibility index (Phi) is 12.8. The third-order valence-electron chi connectivity index (χ3n) is 5.42. The zero-order valence-corrected chi connectivity index (χ0v) is 20.4. The molecule has 0 spiro atoms. The molecule has 0 aliphatic carbocycles. The number of aliphatic carboxylic acids is 1. The average Bonchev–Trinajstić information content (AvgIpc) is 2.80. The van der Waals surface area contributed by atoms with Crippen molar-refractivity contribution in [2.75, 3.05) is 6.54 Å². The number of carbonyl (C=O) groups is 4. The Morgan fingerprint density at radius 3 is 1.92 bits per heavy atom. The number of unbranched alkanes of at least 4 members (excludes halogenated alkanes) is 1. The molecule has 13 nitrogen and oxygen atoms in total. The second kappa shape index (κ2) is 15.0. The smallest absolute Gasteiger partial charge is 0.328 e. The summed E-state index contributed by atoms with van der Waals surface area (Å²) < 4.78 is 0. The zero-order chi connectivity index (χ0) is 27.4. The third kappa shape index (κ3) is 10.2. The highest BCUT2D eigenvalue weighted by Crippen LogP contribution is 2.11. The minimum atomic E-state index is -1.60. The molecule has 0 aliphatic heterocycles. The number of hydrogen-bond donors (Lipinski definition) is 9. The van der Waals surface area contributed by atoms with Gasteiger partial charge in [0.2, 0.25) is 17.7 Å². The zero-order valence-electron chi connectivity index (χ0n) is 20.4. The highest BCUT2D eigenvalue weighted by atomic mass is 16.4. The monoisotopic (exact) mass is 511 g/mol. The Morgan fingerprint density at radius 1 is 0.861 bits per heavy atom. The van der Waals surface area contributed by atoms with Crippen LogP contribution in [-0.4, -0.2) is 87.0 Å². The fourth-order valence-corrected chi connectivity index (χ4v) is 3.31. The number of carboxylic acid groups (broad SMARTS) is 1. The van der Waals surface area contributed by atoms with E-state index in [-0.39, 0.29) is 18.6 Å². The van der Waals surface area contributed by atoms with E-state index in [2.05, 4.69) is 16.0 Å². The highest BCUT2D eigenvalue weighted by molar-refractivity contribution is 5.94. The van der Waals surface area contributed by atoms with Gasteiger partial charge < -0.3 is 47.8 Å². The molecule has 6 unspecified atom stereocenters. The number of benzene rings is 1. The first kappa shape index (κ1) is 30.8. The van der Waals surface area contributed by atoms with Gasteiger partial charge in [-0.2, -0.15) is 0 Å². The Morgan fingerprint density at radius 2 is 1.42 bits per heavy atom. The molecule has 0 bridgehead atoms. The van der Waals surface area contributed by atoms with Crippen molar-refractivity contribution in [1.82, 2.24) is 16.0 Å². The number of nitrogens with two attached hydrogens (primary N) is 2. The summed E-state index contributed by atoms with van der Waals surface area (Å²) in [6.07, 6.45) is -1.61. The Hall–Kier alpha value is -3.26. The molecule has 0 radical (unpaired) electrons. The molecule has 11 N–H and O–H groups in total. The van der Waals surface area contributed by atoms with E-state index < -0.39 is 60.1 Å². The summed E-state index contributed by atoms with van der Waals surface area (Å²) >= 11 is 0. The van der Waals surface area contributed by atoms with E-state index >= 15 is 0 Å². The molecule has 202 valence electrons. The number of hydrogen-bond acceptors (Lipinski definition) is 9. The van der Waals surface area contributed by atoms with Crippen LogP contribution in [-0.2, 0) is 25.6 Å². The minimum absolute atomic E-state index is 0.0517. The molecule has 13 heteroatoms. The van der Waals surface area contributed by atoms with Gasteiger partial charge in [0, 0.05) is 0 Å². The molecule has 1 rings (SSSR count). The molecule has 1 aromatic carbocycles. The summed E-state index contributed by atoms with van der Waals surface area (Å²) in [7, 11) is 0. The van der Waals surface area contributed by atoms with Crippen LogP contribution in [0.5, 0.6) is 5.75 Å². The number of aliphatic hydroxyl groups is 2. The number of phenolic OH excluding ortho intramolecular Hbond substituents is 1. The topological polar surface area (TPSA) is 237 Å². The van der Waals surface area contributed by atoms with Gasteiger partial charge in [-0.15, -0.1) is 0 Å². The Balaban J connectivity index is 2.92. The lowest BCUT2D eigenvalue weighted by molar-refractivity contribution is -0.145. The van der Waals surface area contributed by atoms with Gasteiger partial charge in [-0.25, -0.2) is 4.79 Å². The Labute approximate surface area is 209 Å². The van der Waals surface area contributed by atoms with Crippen molar-refractivity contribution < 1.29 is 39.6 Å². The molecule has 3 amide bonds. The maximum absolute atomic E-state index is 12.9. The maximum Gasteiger partial charge on any atom is 0.328 e. The van der Waals surface area contributed by atoms with Crippen LogP contribution in [0.25, 0.3) is 0 Å². The molecule has 0 aliphatic rings. The van der Waals surface area contributed by atoms with Gasteiger partial charge in [0.1, 0.15) is 17.8 Å². The lowest BCUT2D eigenvalue weighted by Crippen LogP contribution is -2.60. The predicted molar refractivity (Wildman–Crippen MR) is 129 cm³/mol. The highest BCUT2D eigenvalue weighted by Gasteiger charge is 2.33. The van der Waals surface area contributed by atoms with Crippen molar-refractivity contribution in [1.29, 1.82) is 0 Å². The molecule has 0 fully saturated rings. The predicted octanol–water partition coefficient (Wildman–Crippen LogP) is -2.31. The van der Waals surface area contributed by atoms with Gasteiger partial charge in [0.05, 0.1) is 18.2 Å². The van der Waals surface area contributed by atoms with E-state index in [4.69, 9.17) is 11.5 Å². The third-order valence-corrected chi connectivity index (χ3v) is 5.42. The number of aliphatic hydroxyl groups excluding tert-OH is 2. The van der Waals surface area contributed by atoms with Gasteiger partial charge >= 0.3 is 5.97 Å². The standard InChI is InChI=1S/C23H37N5O8/c1-12(29)18(27-20(32)16(25)11-14-6-8-15(31)9-7-14)22(34)26-17(5-3-4-10-24)21(33)28-19(13(2)30)23(35)36/h6-9,12-13,16-19,29-31H,3-5,10-11,24-25H2,1-2H3,(H,26,34)(H,27,32)(H,28,33)(H,35,36). The van der Waals surface area contributed by atoms with Crippen molar-refractivity contribution in [3.8, 4) is 5.75 Å². The molecule has 36 heavy (non-hydrogen) atoms. The first-order chi connectivity index (χ1) is 16.9. The van der Waals surface area contributed by atoms with Crippen LogP contribution in [0.15, 0.2) is 24.3 Å². The van der Waals surface area contributed by atoms with Crippen LogP contribution in [0.2, 0.25) is 0 Å². The summed E-state index contributed by atoms with van der Waals surface area (Å²) in [4.78, 5) is 49.6. The molecule has 0 heterocycles. The van der Waals surface area contributed by atoms with Crippen molar-refractivity contribution in [2.24, 2.45) is 11.5 Å². The van der Waals surface area contributed by atoms with Gasteiger partial charge in [0.15, 0.2) is 6.04 Å². The van der Waals surface area contributed by atoms with Crippen LogP contribution in [0.1, 0.15) is 38.7 Å². The molecular formula is C23H37N5O8. The van der Waals surface area contributed by atoms with E-state index in [0.717, 1.165) is 0 Å². The van der Waals surface area contributed by atoms with Crippen molar-refractivity contribution in [3.05, 3.63) is 29.8 Å². The average molecular weight is 512 g/mol. The van der Waals surface area contributed by atoms with Crippen LogP contribution < -0.4 is 27.4 Å². The number of aromatic hydroxyl groups is 1. The number of carbonyl (C=O) groups excluding carboxylic acids is 3. The van der Waals surface area contributed by atoms with E-state index in [1.807, 2.05) is 0 Å². The van der Waals surface area contributed by atoms with Crippen molar-refractivity contribution in [3.63, 3.8) is 0 Å². The summed E-state index contributed by atoms with van der Waals surface area (Å²) in [5.74, 6) is -3.87. The Bertz CT molecular complexity index is 878. The van der Waals surface area contributed by atoms with Crippen molar-refractivity contribution in [2.45, 2.75) is 75.9 Å². The number of amides is 3. The summed E-state index contributed by atoms with van der Waals surface area (Å²) in [5, 5.41) is 45.3. The molecule has 0 aromatic heterocycles. The van der Waals surface area contributed by atoms with Gasteiger partial charge in [-0.1, -0.05) is 12.1 Å². The molecule has 6 atom stereocenters. The lowest BCUT2D eigenvalue weighted by Gasteiger charge is -2.27. The number of carboxylic acids is 1. The SMILES string of the molecule is CC(O)C(NC(=O)C(CCCCN)NC(=O)C(NC(=O)C(N)Cc1ccc(O)cc1)C(C)O)C(=O)O. The molecule has 0 saturated heterocycles. The number of nitrogens with one attached hydrogen (secondary N) is 3. The minimum Gasteiger partial charge on any atom is -0.508 e. The van der Waals surface area contributed by atoms with Gasteiger partial charge in [0.25, 0.3) is 0 Å². The maximum atomic E-state index is 12.9. The van der Waals surface area contributed by atoms with E-state index in [9.17, 15) is 39.6 Å². The normalized spacial score (nSPS) is 16.1. The number of rotatable bonds is 15. The first-order valence-corrected chi connectivity index (χ1v) is 11.6. The van der Waals surface area contributed by atoms with E-state index in [0.29, 0.717) is 24.9 Å². The number of phenols is 1. The fourth-order valence-electron chi connectivity index (χ4n) is 3.31. The van der Waals surface area contributed by atoms with Crippen LogP contribution in [0.3, 0.4) is 0 Å². The molecule has 0 saturated carbocycles. The van der Waals surface area contributed by atoms with Crippen molar-refractivity contribution >= 4 is 23.7 Å². The van der Waals surface area contributed by atoms with Crippen LogP contribution in [0.4, 0.5) is 0 Å². The lowest BCUT2D eigenvalue weighted by atomic mass is 10.0. The fraction of sp³-hybridized carbons (Fsp3) is 0.565. The molecule has 1 aromatic rings.